The van der Waals surface area contributed by atoms with E-state index in [-0.39, 0.29) is 5.91 Å². The van der Waals surface area contributed by atoms with Crippen molar-refractivity contribution >= 4 is 38.9 Å². The molecular weight excluding hydrogens is 300 g/mol. The van der Waals surface area contributed by atoms with E-state index in [1.54, 1.807) is 5.51 Å². The maximum absolute atomic E-state index is 11.8. The maximum atomic E-state index is 11.8. The molecule has 0 saturated carbocycles. The van der Waals surface area contributed by atoms with Gasteiger partial charge in [0, 0.05) is 15.0 Å². The molecule has 5 heteroatoms. The van der Waals surface area contributed by atoms with Crippen molar-refractivity contribution in [1.82, 2.24) is 4.98 Å². The summed E-state index contributed by atoms with van der Waals surface area (Å²) in [6.07, 6.45) is 0.382. The van der Waals surface area contributed by atoms with Crippen molar-refractivity contribution in [2.75, 3.05) is 5.32 Å². The fraction of sp³-hybridized carbons (Fsp3) is 0.167. The zero-order chi connectivity index (χ0) is 12.3. The molecule has 0 aliphatic rings. The van der Waals surface area contributed by atoms with Gasteiger partial charge < -0.3 is 5.32 Å². The number of thiazole rings is 1. The number of rotatable bonds is 3. The van der Waals surface area contributed by atoms with E-state index in [2.05, 4.69) is 26.2 Å². The number of aromatic nitrogens is 1. The first-order valence-corrected chi connectivity index (χ1v) is 6.77. The number of benzene rings is 1. The molecule has 3 nitrogen and oxygen atoms in total. The summed E-state index contributed by atoms with van der Waals surface area (Å²) in [7, 11) is 0. The third-order valence-electron chi connectivity index (χ3n) is 2.29. The summed E-state index contributed by atoms with van der Waals surface area (Å²) in [6, 6.07) is 7.52. The van der Waals surface area contributed by atoms with Crippen LogP contribution in [0.3, 0.4) is 0 Å². The van der Waals surface area contributed by atoms with Crippen LogP contribution >= 0.6 is 27.3 Å². The van der Waals surface area contributed by atoms with Gasteiger partial charge in [-0.1, -0.05) is 15.9 Å². The second kappa shape index (κ2) is 5.42. The van der Waals surface area contributed by atoms with E-state index < -0.39 is 0 Å². The average Bonchev–Trinajstić information content (AvgIpc) is 2.68. The summed E-state index contributed by atoms with van der Waals surface area (Å²) >= 11 is 4.86. The Kier molecular flexibility index (Phi) is 3.91. The van der Waals surface area contributed by atoms with E-state index in [0.29, 0.717) is 6.42 Å². The summed E-state index contributed by atoms with van der Waals surface area (Å²) in [6.45, 7) is 1.92. The van der Waals surface area contributed by atoms with Gasteiger partial charge in [-0.2, -0.15) is 0 Å². The predicted octanol–water partition coefficient (Wildman–Crippen LogP) is 3.40. The van der Waals surface area contributed by atoms with Crippen molar-refractivity contribution in [2.45, 2.75) is 13.3 Å². The van der Waals surface area contributed by atoms with Gasteiger partial charge in [0.2, 0.25) is 5.91 Å². The Morgan fingerprint density at radius 3 is 2.71 bits per heavy atom. The fourth-order valence-electron chi connectivity index (χ4n) is 1.38. The van der Waals surface area contributed by atoms with E-state index in [4.69, 9.17) is 0 Å². The van der Waals surface area contributed by atoms with Crippen LogP contribution in [0.15, 0.2) is 34.2 Å². The lowest BCUT2D eigenvalue weighted by Gasteiger charge is -2.04. The summed E-state index contributed by atoms with van der Waals surface area (Å²) in [5.74, 6) is -0.0142. The third kappa shape index (κ3) is 3.38. The van der Waals surface area contributed by atoms with Crippen LogP contribution in [0, 0.1) is 6.92 Å². The zero-order valence-corrected chi connectivity index (χ0v) is 11.6. The van der Waals surface area contributed by atoms with Crippen LogP contribution in [0.25, 0.3) is 0 Å². The molecule has 0 unspecified atom stereocenters. The van der Waals surface area contributed by atoms with E-state index in [1.165, 1.54) is 11.3 Å². The molecule has 17 heavy (non-hydrogen) atoms. The number of nitrogens with zero attached hydrogens (tertiary/aromatic N) is 1. The smallest absolute Gasteiger partial charge is 0.229 e. The minimum Gasteiger partial charge on any atom is -0.326 e. The van der Waals surface area contributed by atoms with E-state index in [9.17, 15) is 4.79 Å². The van der Waals surface area contributed by atoms with Crippen molar-refractivity contribution in [2.24, 2.45) is 0 Å². The van der Waals surface area contributed by atoms with Gasteiger partial charge in [-0.05, 0) is 31.2 Å². The lowest BCUT2D eigenvalue weighted by Crippen LogP contribution is -2.14. The molecule has 1 heterocycles. The largest absolute Gasteiger partial charge is 0.326 e. The molecule has 0 saturated heterocycles. The van der Waals surface area contributed by atoms with Gasteiger partial charge in [-0.3, -0.25) is 4.79 Å². The van der Waals surface area contributed by atoms with E-state index >= 15 is 0 Å². The quantitative estimate of drug-likeness (QED) is 0.944. The molecule has 0 bridgehead atoms. The van der Waals surface area contributed by atoms with Crippen molar-refractivity contribution in [1.29, 1.82) is 0 Å². The van der Waals surface area contributed by atoms with Crippen molar-refractivity contribution in [3.05, 3.63) is 44.8 Å². The SMILES string of the molecule is Cc1ncsc1CC(=O)Nc1ccc(Br)cc1. The van der Waals surface area contributed by atoms with Gasteiger partial charge in [-0.15, -0.1) is 11.3 Å². The number of amides is 1. The van der Waals surface area contributed by atoms with Gasteiger partial charge >= 0.3 is 0 Å². The first-order valence-electron chi connectivity index (χ1n) is 5.09. The van der Waals surface area contributed by atoms with E-state index in [1.807, 2.05) is 31.2 Å². The third-order valence-corrected chi connectivity index (χ3v) is 3.76. The number of halogens is 1. The highest BCUT2D eigenvalue weighted by Crippen LogP contribution is 2.16. The molecular formula is C12H11BrN2OS. The number of aryl methyl sites for hydroxylation is 1. The van der Waals surface area contributed by atoms with Gasteiger partial charge in [0.15, 0.2) is 0 Å². The molecule has 0 spiro atoms. The van der Waals surface area contributed by atoms with Crippen LogP contribution in [0.4, 0.5) is 5.69 Å². The molecule has 0 atom stereocenters. The molecule has 0 fully saturated rings. The topological polar surface area (TPSA) is 42.0 Å². The van der Waals surface area contributed by atoms with Gasteiger partial charge in [0.25, 0.3) is 0 Å². The number of hydrogen-bond donors (Lipinski definition) is 1. The van der Waals surface area contributed by atoms with Gasteiger partial charge in [0.1, 0.15) is 0 Å². The Balaban J connectivity index is 1.98. The molecule has 0 aliphatic heterocycles. The Morgan fingerprint density at radius 1 is 1.41 bits per heavy atom. The molecule has 0 radical (unpaired) electrons. The molecule has 1 amide bonds. The lowest BCUT2D eigenvalue weighted by molar-refractivity contribution is -0.115. The van der Waals surface area contributed by atoms with Crippen molar-refractivity contribution in [3.8, 4) is 0 Å². The average molecular weight is 311 g/mol. The number of carbonyl (C=O) groups excluding carboxylic acids is 1. The standard InChI is InChI=1S/C12H11BrN2OS/c1-8-11(17-7-14-8)6-12(16)15-10-4-2-9(13)3-5-10/h2-5,7H,6H2,1H3,(H,15,16). The lowest BCUT2D eigenvalue weighted by atomic mass is 10.2. The Hall–Kier alpha value is -1.20. The monoisotopic (exact) mass is 310 g/mol. The molecule has 1 aromatic heterocycles. The van der Waals surface area contributed by atoms with Gasteiger partial charge in [-0.25, -0.2) is 4.98 Å². The Labute approximate surface area is 112 Å². The number of nitrogens with one attached hydrogen (secondary N) is 1. The Morgan fingerprint density at radius 2 is 2.12 bits per heavy atom. The summed E-state index contributed by atoms with van der Waals surface area (Å²) in [4.78, 5) is 16.9. The number of carbonyl (C=O) groups is 1. The minimum atomic E-state index is -0.0142. The normalized spacial score (nSPS) is 10.2. The second-order valence-corrected chi connectivity index (χ2v) is 5.45. The molecule has 1 N–H and O–H groups in total. The predicted molar refractivity (Wildman–Crippen MR) is 73.3 cm³/mol. The van der Waals surface area contributed by atoms with Crippen LogP contribution in [0.5, 0.6) is 0 Å². The van der Waals surface area contributed by atoms with Crippen molar-refractivity contribution in [3.63, 3.8) is 0 Å². The molecule has 0 aliphatic carbocycles. The number of hydrogen-bond acceptors (Lipinski definition) is 3. The summed E-state index contributed by atoms with van der Waals surface area (Å²) < 4.78 is 0.994. The minimum absolute atomic E-state index is 0.0142. The van der Waals surface area contributed by atoms with Crippen LogP contribution in [0.1, 0.15) is 10.6 Å². The summed E-state index contributed by atoms with van der Waals surface area (Å²) in [5.41, 5.74) is 3.50. The van der Waals surface area contributed by atoms with Crippen LogP contribution < -0.4 is 5.32 Å². The Bertz CT molecular complexity index is 522. The van der Waals surface area contributed by atoms with E-state index in [0.717, 1.165) is 20.7 Å². The first kappa shape index (κ1) is 12.3. The zero-order valence-electron chi connectivity index (χ0n) is 9.24. The molecule has 88 valence electrons. The first-order chi connectivity index (χ1) is 8.15. The van der Waals surface area contributed by atoms with Gasteiger partial charge in [0.05, 0.1) is 17.6 Å². The van der Waals surface area contributed by atoms with Crippen molar-refractivity contribution < 1.29 is 4.79 Å². The molecule has 2 aromatic rings. The van der Waals surface area contributed by atoms with Crippen LogP contribution in [-0.2, 0) is 11.2 Å². The van der Waals surface area contributed by atoms with Crippen LogP contribution in [-0.4, -0.2) is 10.9 Å². The molecule has 1 aromatic carbocycles. The molecule has 2 rings (SSSR count). The highest BCUT2D eigenvalue weighted by Gasteiger charge is 2.08. The fourth-order valence-corrected chi connectivity index (χ4v) is 2.42. The second-order valence-electron chi connectivity index (χ2n) is 3.59. The highest BCUT2D eigenvalue weighted by molar-refractivity contribution is 9.10. The maximum Gasteiger partial charge on any atom is 0.229 e. The number of anilines is 1. The summed E-state index contributed by atoms with van der Waals surface area (Å²) in [5, 5.41) is 2.85. The highest BCUT2D eigenvalue weighted by atomic mass is 79.9. The van der Waals surface area contributed by atoms with Crippen LogP contribution in [0.2, 0.25) is 0 Å².